The van der Waals surface area contributed by atoms with Gasteiger partial charge in [-0.25, -0.2) is 0 Å². The van der Waals surface area contributed by atoms with Crippen LogP contribution in [0.2, 0.25) is 0 Å². The van der Waals surface area contributed by atoms with E-state index in [0.717, 1.165) is 21.5 Å². The van der Waals surface area contributed by atoms with E-state index in [1.165, 1.54) is 24.6 Å². The van der Waals surface area contributed by atoms with Gasteiger partial charge in [-0.15, -0.1) is 13.2 Å². The summed E-state index contributed by atoms with van der Waals surface area (Å²) in [6.07, 6.45) is 3.06. The number of nitrogens with zero attached hydrogens (tertiary/aromatic N) is 2. The van der Waals surface area contributed by atoms with Crippen molar-refractivity contribution in [1.82, 2.24) is 0 Å². The summed E-state index contributed by atoms with van der Waals surface area (Å²) < 4.78 is 0. The zero-order valence-corrected chi connectivity index (χ0v) is 23.1. The first-order valence-electron chi connectivity index (χ1n) is 11.7. The molecule has 0 saturated carbocycles. The van der Waals surface area contributed by atoms with Gasteiger partial charge in [0.1, 0.15) is 0 Å². The maximum absolute atomic E-state index is 11.9. The predicted molar refractivity (Wildman–Crippen MR) is 140 cm³/mol. The van der Waals surface area contributed by atoms with E-state index in [-0.39, 0.29) is 46.4 Å². The van der Waals surface area contributed by atoms with Gasteiger partial charge in [-0.1, -0.05) is 84.3 Å². The van der Waals surface area contributed by atoms with Gasteiger partial charge >= 0.3 is 21.7 Å². The fourth-order valence-electron chi connectivity index (χ4n) is 3.37. The van der Waals surface area contributed by atoms with Crippen LogP contribution in [0.3, 0.4) is 0 Å². The van der Waals surface area contributed by atoms with E-state index < -0.39 is 11.1 Å². The molecule has 0 fully saturated rings. The van der Waals surface area contributed by atoms with Gasteiger partial charge in [0.05, 0.1) is 0 Å². The second kappa shape index (κ2) is 13.0. The summed E-state index contributed by atoms with van der Waals surface area (Å²) in [5.74, 6) is -0.140. The van der Waals surface area contributed by atoms with Gasteiger partial charge in [0.25, 0.3) is 0 Å². The largest absolute Gasteiger partial charge is 4.00 e. The van der Waals surface area contributed by atoms with Gasteiger partial charge in [-0.05, 0) is 60.4 Å². The third-order valence-corrected chi connectivity index (χ3v) is 5.65. The number of benzene rings is 4. The Kier molecular flexibility index (Phi) is 10.6. The molecular weight excluding hydrogens is 500 g/mol. The van der Waals surface area contributed by atoms with Crippen LogP contribution in [-0.2, 0) is 21.7 Å². The summed E-state index contributed by atoms with van der Waals surface area (Å²) in [4.78, 5) is 8.44. The molecule has 0 aromatic heterocycles. The molecule has 0 unspecified atom stereocenters. The molecule has 0 aliphatic carbocycles. The standard InChI is InChI=1S/2C15H16NO2.Ti/c2*1-15(2,10-17)16-9-13-12-6-4-3-5-11(12)7-8-14(13)18;/h2*3-9,18H,10H2,1-2H3;/q2*-1;+4/p-2. The molecule has 4 aromatic carbocycles. The van der Waals surface area contributed by atoms with Crippen molar-refractivity contribution in [1.29, 1.82) is 0 Å². The van der Waals surface area contributed by atoms with E-state index in [4.69, 9.17) is 0 Å². The first-order valence-corrected chi connectivity index (χ1v) is 11.7. The molecule has 0 radical (unpaired) electrons. The molecule has 4 aromatic rings. The molecule has 0 aliphatic rings. The van der Waals surface area contributed by atoms with E-state index in [0.29, 0.717) is 11.1 Å². The minimum atomic E-state index is -0.677. The van der Waals surface area contributed by atoms with Crippen molar-refractivity contribution in [3.8, 4) is 11.5 Å². The third-order valence-electron chi connectivity index (χ3n) is 5.65. The minimum Gasteiger partial charge on any atom is -0.872 e. The van der Waals surface area contributed by atoms with Crippen LogP contribution in [-0.4, -0.2) is 36.7 Å². The summed E-state index contributed by atoms with van der Waals surface area (Å²) in [5, 5.41) is 49.3. The van der Waals surface area contributed by atoms with Gasteiger partial charge in [0, 0.05) is 23.5 Å². The van der Waals surface area contributed by atoms with Crippen LogP contribution in [0, 0.1) is 0 Å². The van der Waals surface area contributed by atoms with E-state index in [9.17, 15) is 20.4 Å². The summed E-state index contributed by atoms with van der Waals surface area (Å²) in [7, 11) is 0. The molecule has 0 amide bonds. The van der Waals surface area contributed by atoms with E-state index in [1.807, 2.05) is 48.5 Å². The van der Waals surface area contributed by atoms with Crippen molar-refractivity contribution in [2.75, 3.05) is 13.2 Å². The van der Waals surface area contributed by atoms with Crippen LogP contribution in [0.25, 0.3) is 21.5 Å². The van der Waals surface area contributed by atoms with Gasteiger partial charge in [-0.3, -0.25) is 9.98 Å². The first kappa shape index (κ1) is 30.2. The smallest absolute Gasteiger partial charge is 0.872 e. The topological polar surface area (TPSA) is 117 Å². The number of hydrogen-bond donors (Lipinski definition) is 0. The fraction of sp³-hybridized carbons (Fsp3) is 0.267. The first-order chi connectivity index (χ1) is 17.1. The molecule has 0 bridgehead atoms. The predicted octanol–water partition coefficient (Wildman–Crippen LogP) is 2.94. The van der Waals surface area contributed by atoms with Crippen molar-refractivity contribution in [3.05, 3.63) is 83.9 Å². The van der Waals surface area contributed by atoms with Crippen molar-refractivity contribution < 1.29 is 42.1 Å². The second-order valence-corrected chi connectivity index (χ2v) is 9.83. The SMILES string of the molecule is CC(C)(C[O-])N=Cc1c([O-])ccc2ccccc12.CC(C)(C[O-])N=Cc1c([O-])ccc2ccccc12.[Ti+4]. The molecule has 0 saturated heterocycles. The quantitative estimate of drug-likeness (QED) is 0.281. The number of aliphatic imine (C=N–C) groups is 2. The number of hydrogen-bond acceptors (Lipinski definition) is 6. The Hall–Kier alpha value is -3.03. The summed E-state index contributed by atoms with van der Waals surface area (Å²) in [6.45, 7) is 6.42. The average Bonchev–Trinajstić information content (AvgIpc) is 2.88. The number of fused-ring (bicyclic) bond motifs is 2. The van der Waals surface area contributed by atoms with Crippen molar-refractivity contribution in [3.63, 3.8) is 0 Å². The molecule has 4 rings (SSSR count). The molecule has 0 heterocycles. The fourth-order valence-corrected chi connectivity index (χ4v) is 3.37. The molecular formula is C30H30N2O4Ti. The monoisotopic (exact) mass is 530 g/mol. The summed E-state index contributed by atoms with van der Waals surface area (Å²) in [5.41, 5.74) is -0.253. The maximum Gasteiger partial charge on any atom is 4.00 e. The van der Waals surface area contributed by atoms with Crippen molar-refractivity contribution in [2.45, 2.75) is 38.8 Å². The molecule has 0 spiro atoms. The van der Waals surface area contributed by atoms with Crippen LogP contribution in [0.15, 0.2) is 82.8 Å². The third kappa shape index (κ3) is 7.98. The van der Waals surface area contributed by atoms with Crippen LogP contribution in [0.5, 0.6) is 11.5 Å². The molecule has 6 nitrogen and oxygen atoms in total. The zero-order chi connectivity index (χ0) is 26.3. The second-order valence-electron chi connectivity index (χ2n) is 9.83. The van der Waals surface area contributed by atoms with Crippen LogP contribution in [0.1, 0.15) is 38.8 Å². The van der Waals surface area contributed by atoms with Gasteiger partial charge in [-0.2, -0.15) is 0 Å². The molecule has 0 N–H and O–H groups in total. The van der Waals surface area contributed by atoms with E-state index in [1.54, 1.807) is 39.8 Å². The van der Waals surface area contributed by atoms with E-state index >= 15 is 0 Å². The van der Waals surface area contributed by atoms with Crippen LogP contribution >= 0.6 is 0 Å². The Bertz CT molecular complexity index is 1290. The molecule has 188 valence electrons. The van der Waals surface area contributed by atoms with Crippen LogP contribution < -0.4 is 20.4 Å². The zero-order valence-electron chi connectivity index (χ0n) is 21.5. The normalized spacial score (nSPS) is 12.1. The van der Waals surface area contributed by atoms with Crippen molar-refractivity contribution >= 4 is 34.0 Å². The van der Waals surface area contributed by atoms with Gasteiger partial charge in [0.2, 0.25) is 0 Å². The minimum absolute atomic E-state index is 0. The van der Waals surface area contributed by atoms with Crippen molar-refractivity contribution in [2.24, 2.45) is 9.98 Å². The maximum atomic E-state index is 11.9. The Balaban J connectivity index is 0.000000253. The summed E-state index contributed by atoms with van der Waals surface area (Å²) in [6, 6.07) is 22.0. The molecule has 0 atom stereocenters. The number of rotatable bonds is 6. The molecule has 37 heavy (non-hydrogen) atoms. The van der Waals surface area contributed by atoms with Gasteiger partial charge < -0.3 is 20.4 Å². The van der Waals surface area contributed by atoms with Gasteiger partial charge in [0.15, 0.2) is 0 Å². The Labute approximate surface area is 232 Å². The van der Waals surface area contributed by atoms with E-state index in [2.05, 4.69) is 9.98 Å². The summed E-state index contributed by atoms with van der Waals surface area (Å²) >= 11 is 0. The Morgan fingerprint density at radius 3 is 1.30 bits per heavy atom. The molecule has 0 aliphatic heterocycles. The average molecular weight is 530 g/mol. The Morgan fingerprint density at radius 2 is 0.946 bits per heavy atom. The van der Waals surface area contributed by atoms with Crippen LogP contribution in [0.4, 0.5) is 0 Å². The Morgan fingerprint density at radius 1 is 0.595 bits per heavy atom. The molecule has 7 heteroatoms.